The van der Waals surface area contributed by atoms with E-state index in [9.17, 15) is 9.59 Å². The number of methoxy groups -OCH3 is 1. The first-order chi connectivity index (χ1) is 16.0. The Morgan fingerprint density at radius 2 is 1.55 bits per heavy atom. The Hall–Kier alpha value is -3.31. The average molecular weight is 466 g/mol. The van der Waals surface area contributed by atoms with Crippen molar-refractivity contribution in [3.63, 3.8) is 0 Å². The Balaban J connectivity index is 1.60. The molecule has 5 nitrogen and oxygen atoms in total. The van der Waals surface area contributed by atoms with Crippen molar-refractivity contribution in [3.05, 3.63) is 101 Å². The zero-order valence-corrected chi connectivity index (χ0v) is 19.6. The molecule has 3 rings (SSSR count). The third kappa shape index (κ3) is 7.09. The first kappa shape index (κ1) is 24.3. The molecule has 0 unspecified atom stereocenters. The molecule has 0 N–H and O–H groups in total. The van der Waals surface area contributed by atoms with Crippen molar-refractivity contribution < 1.29 is 19.1 Å². The topological polar surface area (TPSA) is 55.8 Å². The van der Waals surface area contributed by atoms with E-state index in [1.807, 2.05) is 54.6 Å². The number of ether oxygens (including phenoxy) is 2. The smallest absolute Gasteiger partial charge is 0.328 e. The number of amides is 1. The Labute approximate surface area is 199 Å². The van der Waals surface area contributed by atoms with Crippen molar-refractivity contribution in [1.29, 1.82) is 0 Å². The van der Waals surface area contributed by atoms with Crippen molar-refractivity contribution in [2.24, 2.45) is 0 Å². The van der Waals surface area contributed by atoms with Crippen LogP contribution in [0.2, 0.25) is 5.02 Å². The van der Waals surface area contributed by atoms with Gasteiger partial charge in [-0.3, -0.25) is 4.79 Å². The number of esters is 1. The molecule has 0 saturated carbocycles. The average Bonchev–Trinajstić information content (AvgIpc) is 2.84. The Morgan fingerprint density at radius 1 is 0.909 bits per heavy atom. The van der Waals surface area contributed by atoms with Crippen molar-refractivity contribution in [2.45, 2.75) is 25.3 Å². The van der Waals surface area contributed by atoms with Crippen LogP contribution in [0.1, 0.15) is 16.7 Å². The Kier molecular flexibility index (Phi) is 8.90. The van der Waals surface area contributed by atoms with Crippen LogP contribution in [0.15, 0.2) is 78.9 Å². The van der Waals surface area contributed by atoms with E-state index in [1.165, 1.54) is 17.6 Å². The second-order valence-electron chi connectivity index (χ2n) is 7.76. The highest BCUT2D eigenvalue weighted by Crippen LogP contribution is 2.26. The van der Waals surface area contributed by atoms with Gasteiger partial charge in [0.1, 0.15) is 11.8 Å². The van der Waals surface area contributed by atoms with Gasteiger partial charge in [-0.15, -0.1) is 0 Å². The van der Waals surface area contributed by atoms with E-state index in [4.69, 9.17) is 21.1 Å². The van der Waals surface area contributed by atoms with E-state index in [0.717, 1.165) is 17.5 Å². The zero-order valence-electron chi connectivity index (χ0n) is 18.9. The first-order valence-electron chi connectivity index (χ1n) is 10.8. The summed E-state index contributed by atoms with van der Waals surface area (Å²) in [5.41, 5.74) is 2.89. The van der Waals surface area contributed by atoms with Gasteiger partial charge in [0.25, 0.3) is 0 Å². The number of benzene rings is 3. The van der Waals surface area contributed by atoms with Crippen molar-refractivity contribution in [1.82, 2.24) is 4.90 Å². The summed E-state index contributed by atoms with van der Waals surface area (Å²) in [5, 5.41) is 0.449. The lowest BCUT2D eigenvalue weighted by Crippen LogP contribution is -2.45. The second-order valence-corrected chi connectivity index (χ2v) is 8.17. The van der Waals surface area contributed by atoms with Crippen molar-refractivity contribution >= 4 is 23.5 Å². The van der Waals surface area contributed by atoms with Crippen LogP contribution in [0.25, 0.3) is 0 Å². The molecule has 0 fully saturated rings. The molecule has 1 amide bonds. The number of halogens is 1. The lowest BCUT2D eigenvalue weighted by atomic mass is 10.0. The third-order valence-corrected chi connectivity index (χ3v) is 5.74. The van der Waals surface area contributed by atoms with E-state index < -0.39 is 12.0 Å². The normalized spacial score (nSPS) is 11.5. The summed E-state index contributed by atoms with van der Waals surface area (Å²) in [4.78, 5) is 26.7. The number of carbonyl (C=O) groups is 2. The highest BCUT2D eigenvalue weighted by Gasteiger charge is 2.28. The van der Waals surface area contributed by atoms with Gasteiger partial charge in [0.05, 0.1) is 25.2 Å². The molecule has 0 bridgehead atoms. The number of rotatable bonds is 10. The maximum atomic E-state index is 12.9. The van der Waals surface area contributed by atoms with Crippen LogP contribution < -0.4 is 4.74 Å². The quantitative estimate of drug-likeness (QED) is 0.405. The van der Waals surface area contributed by atoms with Gasteiger partial charge < -0.3 is 14.4 Å². The molecular formula is C27H28ClNO4. The Morgan fingerprint density at radius 3 is 2.15 bits per heavy atom. The molecular weight excluding hydrogens is 438 g/mol. The maximum Gasteiger partial charge on any atom is 0.328 e. The molecule has 0 aromatic heterocycles. The summed E-state index contributed by atoms with van der Waals surface area (Å²) in [5.74, 6) is -0.0706. The molecule has 33 heavy (non-hydrogen) atoms. The number of carbonyl (C=O) groups excluding carboxylic acids is 2. The minimum atomic E-state index is -0.707. The van der Waals surface area contributed by atoms with Crippen LogP contribution in [-0.4, -0.2) is 43.6 Å². The zero-order chi connectivity index (χ0) is 23.6. The lowest BCUT2D eigenvalue weighted by Gasteiger charge is -2.26. The third-order valence-electron chi connectivity index (χ3n) is 5.45. The summed E-state index contributed by atoms with van der Waals surface area (Å²) in [6, 6.07) is 24.2. The molecule has 3 aromatic carbocycles. The van der Waals surface area contributed by atoms with E-state index in [1.54, 1.807) is 19.2 Å². The van der Waals surface area contributed by atoms with Crippen LogP contribution >= 0.6 is 11.6 Å². The van der Waals surface area contributed by atoms with Gasteiger partial charge in [-0.25, -0.2) is 4.79 Å². The van der Waals surface area contributed by atoms with E-state index in [2.05, 4.69) is 12.1 Å². The molecule has 0 heterocycles. The minimum Gasteiger partial charge on any atom is -0.492 e. The fourth-order valence-electron chi connectivity index (χ4n) is 3.52. The summed E-state index contributed by atoms with van der Waals surface area (Å²) < 4.78 is 10.8. The van der Waals surface area contributed by atoms with E-state index >= 15 is 0 Å². The predicted molar refractivity (Wildman–Crippen MR) is 130 cm³/mol. The number of hydrogen-bond acceptors (Lipinski definition) is 4. The molecule has 0 aliphatic rings. The Bertz CT molecular complexity index is 1060. The first-order valence-corrected chi connectivity index (χ1v) is 11.2. The van der Waals surface area contributed by atoms with Gasteiger partial charge in [-0.2, -0.15) is 0 Å². The van der Waals surface area contributed by atoms with Gasteiger partial charge in [0.15, 0.2) is 0 Å². The molecule has 0 radical (unpaired) electrons. The summed E-state index contributed by atoms with van der Waals surface area (Å²) in [6.07, 6.45) is 1.27. The summed E-state index contributed by atoms with van der Waals surface area (Å²) in [6.45, 7) is 0.505. The molecule has 1 atom stereocenters. The highest BCUT2D eigenvalue weighted by molar-refractivity contribution is 6.32. The fourth-order valence-corrected chi connectivity index (χ4v) is 3.78. The van der Waals surface area contributed by atoms with Crippen LogP contribution in [0.4, 0.5) is 0 Å². The number of likely N-dealkylation sites (N-methyl/N-ethyl adjacent to an activating group) is 1. The summed E-state index contributed by atoms with van der Waals surface area (Å²) in [7, 11) is 2.95. The number of nitrogens with zero attached hydrogens (tertiary/aromatic N) is 1. The SMILES string of the molecule is COC(=O)[C@@H](Cc1ccccc1)N(C)C(=O)Cc1ccc(OCCc2ccccc2)c(Cl)c1. The molecule has 3 aromatic rings. The molecule has 0 aliphatic carbocycles. The van der Waals surface area contributed by atoms with Gasteiger partial charge in [-0.05, 0) is 28.8 Å². The molecule has 172 valence electrons. The lowest BCUT2D eigenvalue weighted by molar-refractivity contribution is -0.151. The van der Waals surface area contributed by atoms with E-state index in [-0.39, 0.29) is 12.3 Å². The minimum absolute atomic E-state index is 0.114. The van der Waals surface area contributed by atoms with Crippen molar-refractivity contribution in [2.75, 3.05) is 20.8 Å². The van der Waals surface area contributed by atoms with Crippen LogP contribution in [0.5, 0.6) is 5.75 Å². The van der Waals surface area contributed by atoms with Gasteiger partial charge in [0.2, 0.25) is 5.91 Å². The second kappa shape index (κ2) is 12.1. The molecule has 0 saturated heterocycles. The van der Waals surface area contributed by atoms with Crippen molar-refractivity contribution in [3.8, 4) is 5.75 Å². The van der Waals surface area contributed by atoms with Crippen LogP contribution in [0, 0.1) is 0 Å². The van der Waals surface area contributed by atoms with Crippen LogP contribution in [0.3, 0.4) is 0 Å². The molecule has 0 spiro atoms. The number of hydrogen-bond donors (Lipinski definition) is 0. The molecule has 6 heteroatoms. The maximum absolute atomic E-state index is 12.9. The summed E-state index contributed by atoms with van der Waals surface area (Å²) >= 11 is 6.39. The van der Waals surface area contributed by atoms with Gasteiger partial charge in [0, 0.05) is 19.9 Å². The standard InChI is InChI=1S/C27H28ClNO4/c1-29(24(27(31)32-2)18-21-11-7-4-8-12-21)26(30)19-22-13-14-25(23(28)17-22)33-16-15-20-9-5-3-6-10-20/h3-14,17,24H,15-16,18-19H2,1-2H3/t24-/m1/s1. The van der Waals surface area contributed by atoms with Gasteiger partial charge in [-0.1, -0.05) is 78.3 Å². The van der Waals surface area contributed by atoms with Gasteiger partial charge >= 0.3 is 5.97 Å². The predicted octanol–water partition coefficient (Wildman–Crippen LogP) is 4.75. The van der Waals surface area contributed by atoms with E-state index in [0.29, 0.717) is 23.8 Å². The monoisotopic (exact) mass is 465 g/mol. The largest absolute Gasteiger partial charge is 0.492 e. The molecule has 0 aliphatic heterocycles. The van der Waals surface area contributed by atoms with Crippen LogP contribution in [-0.2, 0) is 33.6 Å². The highest BCUT2D eigenvalue weighted by atomic mass is 35.5. The fraction of sp³-hybridized carbons (Fsp3) is 0.259.